The van der Waals surface area contributed by atoms with Crippen molar-refractivity contribution >= 4 is 11.8 Å². The van der Waals surface area contributed by atoms with Gasteiger partial charge in [0.05, 0.1) is 11.7 Å². The quantitative estimate of drug-likeness (QED) is 0.458. The van der Waals surface area contributed by atoms with Crippen molar-refractivity contribution in [2.24, 2.45) is 34.5 Å². The number of rotatable bonds is 5. The second-order valence-electron chi connectivity index (χ2n) is 13.5. The lowest BCUT2D eigenvalue weighted by Gasteiger charge is -2.62. The molecule has 4 aliphatic carbocycles. The monoisotopic (exact) mass is 497 g/mol. The van der Waals surface area contributed by atoms with Crippen molar-refractivity contribution in [2.45, 2.75) is 101 Å². The van der Waals surface area contributed by atoms with Crippen molar-refractivity contribution in [1.29, 1.82) is 0 Å². The molecule has 5 fully saturated rings. The maximum atomic E-state index is 12.2. The summed E-state index contributed by atoms with van der Waals surface area (Å²) in [6.07, 6.45) is 12.9. The number of nitrogens with zero attached hydrogens (tertiary/aromatic N) is 1. The third-order valence-corrected chi connectivity index (χ3v) is 12.8. The number of aliphatic hydroxyl groups is 2. The van der Waals surface area contributed by atoms with Gasteiger partial charge in [0, 0.05) is 17.2 Å². The Labute approximate surface area is 217 Å². The van der Waals surface area contributed by atoms with Gasteiger partial charge >= 0.3 is 0 Å². The molecular formula is C31H47NO2S. The first kappa shape index (κ1) is 24.8. The summed E-state index contributed by atoms with van der Waals surface area (Å²) in [4.78, 5) is 3.90. The summed E-state index contributed by atoms with van der Waals surface area (Å²) in [5, 5.41) is 23.0. The average Bonchev–Trinajstić information content (AvgIpc) is 3.46. The molecule has 1 aromatic rings. The van der Waals surface area contributed by atoms with Gasteiger partial charge in [-0.2, -0.15) is 0 Å². The van der Waals surface area contributed by atoms with Crippen LogP contribution in [0.2, 0.25) is 0 Å². The van der Waals surface area contributed by atoms with E-state index >= 15 is 0 Å². The Morgan fingerprint density at radius 1 is 0.943 bits per heavy atom. The van der Waals surface area contributed by atoms with Gasteiger partial charge < -0.3 is 15.1 Å². The molecule has 6 rings (SSSR count). The van der Waals surface area contributed by atoms with Gasteiger partial charge in [-0.15, -0.1) is 11.8 Å². The van der Waals surface area contributed by atoms with Gasteiger partial charge in [0.1, 0.15) is 0 Å². The molecule has 4 saturated carbocycles. The molecule has 1 saturated heterocycles. The first-order valence-corrected chi connectivity index (χ1v) is 15.7. The molecule has 4 heteroatoms. The first-order valence-electron chi connectivity index (χ1n) is 14.7. The normalized spacial score (nSPS) is 45.7. The maximum absolute atomic E-state index is 12.2. The molecule has 8 atom stereocenters. The van der Waals surface area contributed by atoms with Crippen molar-refractivity contribution in [3.05, 3.63) is 29.8 Å². The number of fused-ring (bicyclic) bond motifs is 5. The maximum Gasteiger partial charge on any atom is 0.0902 e. The Balaban J connectivity index is 1.19. The highest BCUT2D eigenvalue weighted by Gasteiger charge is 2.61. The van der Waals surface area contributed by atoms with E-state index in [1.807, 2.05) is 11.8 Å². The van der Waals surface area contributed by atoms with Gasteiger partial charge in [0.15, 0.2) is 0 Å². The van der Waals surface area contributed by atoms with Gasteiger partial charge in [0.2, 0.25) is 0 Å². The summed E-state index contributed by atoms with van der Waals surface area (Å²) in [7, 11) is 0. The van der Waals surface area contributed by atoms with Gasteiger partial charge in [-0.25, -0.2) is 0 Å². The highest BCUT2D eigenvalue weighted by molar-refractivity contribution is 7.99. The number of benzene rings is 1. The van der Waals surface area contributed by atoms with E-state index in [0.29, 0.717) is 11.8 Å². The molecular weight excluding hydrogens is 450 g/mol. The minimum Gasteiger partial charge on any atom is -0.393 e. The second kappa shape index (κ2) is 9.33. The molecule has 3 nitrogen and oxygen atoms in total. The van der Waals surface area contributed by atoms with E-state index in [0.717, 1.165) is 48.8 Å². The van der Waals surface area contributed by atoms with E-state index in [1.165, 1.54) is 69.5 Å². The van der Waals surface area contributed by atoms with E-state index in [9.17, 15) is 10.2 Å². The molecule has 1 heterocycles. The third-order valence-electron chi connectivity index (χ3n) is 11.8. The number of hydrogen-bond donors (Lipinski definition) is 2. The smallest absolute Gasteiger partial charge is 0.0902 e. The largest absolute Gasteiger partial charge is 0.393 e. The lowest BCUT2D eigenvalue weighted by Crippen LogP contribution is -2.56. The molecule has 1 aliphatic heterocycles. The Morgan fingerprint density at radius 3 is 2.57 bits per heavy atom. The van der Waals surface area contributed by atoms with Crippen LogP contribution in [0.25, 0.3) is 0 Å². The standard InChI is InChI=1S/C31H47NO2S/c1-29-14-13-27-25(26(29)10-11-28(29)33)9-8-22-12-15-31(34,21-30(22,27)2)23-6-5-7-24(20-23)35-19-18-32-16-3-4-17-32/h5-7,20,22,25-28,33-34H,3-4,8-19,21H2,1-2H3/t22?,25-,26-,27+,28?,29-,30-,31?/m0/s1. The predicted molar refractivity (Wildman–Crippen MR) is 144 cm³/mol. The third kappa shape index (κ3) is 4.23. The van der Waals surface area contributed by atoms with Crippen LogP contribution in [0.1, 0.15) is 90.0 Å². The minimum absolute atomic E-state index is 0.104. The Morgan fingerprint density at radius 2 is 1.74 bits per heavy atom. The fourth-order valence-electron chi connectivity index (χ4n) is 9.81. The number of thioether (sulfide) groups is 1. The molecule has 0 aromatic heterocycles. The van der Waals surface area contributed by atoms with Gasteiger partial charge in [0.25, 0.3) is 0 Å². The van der Waals surface area contributed by atoms with Crippen molar-refractivity contribution in [2.75, 3.05) is 25.4 Å². The Hall–Kier alpha value is -0.550. The predicted octanol–water partition coefficient (Wildman–Crippen LogP) is 6.47. The molecule has 0 radical (unpaired) electrons. The summed E-state index contributed by atoms with van der Waals surface area (Å²) < 4.78 is 0. The summed E-state index contributed by atoms with van der Waals surface area (Å²) in [5.41, 5.74) is 0.802. The van der Waals surface area contributed by atoms with Crippen LogP contribution in [-0.2, 0) is 5.60 Å². The minimum atomic E-state index is -0.700. The molecule has 0 spiro atoms. The Kier molecular flexibility index (Phi) is 6.60. The van der Waals surface area contributed by atoms with Crippen molar-refractivity contribution < 1.29 is 10.2 Å². The lowest BCUT2D eigenvalue weighted by atomic mass is 9.43. The van der Waals surface area contributed by atoms with E-state index < -0.39 is 5.60 Å². The highest BCUT2D eigenvalue weighted by atomic mass is 32.2. The molecule has 35 heavy (non-hydrogen) atoms. The van der Waals surface area contributed by atoms with Crippen molar-refractivity contribution in [3.63, 3.8) is 0 Å². The number of likely N-dealkylation sites (tertiary alicyclic amines) is 1. The molecule has 0 amide bonds. The fourth-order valence-corrected chi connectivity index (χ4v) is 10.8. The van der Waals surface area contributed by atoms with Crippen LogP contribution in [0.15, 0.2) is 29.2 Å². The van der Waals surface area contributed by atoms with Gasteiger partial charge in [-0.3, -0.25) is 0 Å². The lowest BCUT2D eigenvalue weighted by molar-refractivity contribution is -0.165. The van der Waals surface area contributed by atoms with E-state index in [4.69, 9.17) is 0 Å². The van der Waals surface area contributed by atoms with Gasteiger partial charge in [-0.1, -0.05) is 26.0 Å². The van der Waals surface area contributed by atoms with Crippen LogP contribution in [0.3, 0.4) is 0 Å². The molecule has 3 unspecified atom stereocenters. The molecule has 5 aliphatic rings. The van der Waals surface area contributed by atoms with Gasteiger partial charge in [-0.05, 0) is 136 Å². The van der Waals surface area contributed by atoms with Crippen LogP contribution in [0.4, 0.5) is 0 Å². The van der Waals surface area contributed by atoms with E-state index in [2.05, 4.69) is 43.0 Å². The van der Waals surface area contributed by atoms with Crippen molar-refractivity contribution in [1.82, 2.24) is 4.90 Å². The topological polar surface area (TPSA) is 43.7 Å². The summed E-state index contributed by atoms with van der Waals surface area (Å²) >= 11 is 1.96. The zero-order valence-corrected chi connectivity index (χ0v) is 22.9. The molecule has 2 N–H and O–H groups in total. The SMILES string of the molecule is C[C@]12CC(O)(c3cccc(SCCN4CCCC4)c3)CCC1CC[C@@H]1[C@H]2CC[C@]2(C)C(O)CC[C@@H]12. The summed E-state index contributed by atoms with van der Waals surface area (Å²) in [5.74, 6) is 4.01. The highest BCUT2D eigenvalue weighted by Crippen LogP contribution is 2.67. The van der Waals surface area contributed by atoms with Crippen LogP contribution < -0.4 is 0 Å². The molecule has 0 bridgehead atoms. The molecule has 194 valence electrons. The summed E-state index contributed by atoms with van der Waals surface area (Å²) in [6.45, 7) is 8.63. The zero-order valence-electron chi connectivity index (χ0n) is 22.1. The van der Waals surface area contributed by atoms with Crippen LogP contribution >= 0.6 is 11.8 Å². The van der Waals surface area contributed by atoms with Crippen LogP contribution in [-0.4, -0.2) is 46.6 Å². The number of hydrogen-bond acceptors (Lipinski definition) is 4. The number of aliphatic hydroxyl groups excluding tert-OH is 1. The van der Waals surface area contributed by atoms with Crippen LogP contribution in [0.5, 0.6) is 0 Å². The Bertz CT molecular complexity index is 917. The zero-order chi connectivity index (χ0) is 24.3. The van der Waals surface area contributed by atoms with Crippen LogP contribution in [0, 0.1) is 34.5 Å². The molecule has 1 aromatic carbocycles. The average molecular weight is 498 g/mol. The fraction of sp³-hybridized carbons (Fsp3) is 0.806. The summed E-state index contributed by atoms with van der Waals surface area (Å²) in [6, 6.07) is 8.91. The first-order chi connectivity index (χ1) is 16.8. The van der Waals surface area contributed by atoms with E-state index in [1.54, 1.807) is 0 Å². The van der Waals surface area contributed by atoms with E-state index in [-0.39, 0.29) is 16.9 Å². The second-order valence-corrected chi connectivity index (χ2v) is 14.6. The van der Waals surface area contributed by atoms with Crippen molar-refractivity contribution in [3.8, 4) is 0 Å².